The number of benzene rings is 3. The van der Waals surface area contributed by atoms with Crippen LogP contribution in [-0.4, -0.2) is 12.2 Å². The average molecular weight is 418 g/mol. The first-order chi connectivity index (χ1) is 14.9. The lowest BCUT2D eigenvalue weighted by Gasteiger charge is -2.26. The zero-order valence-electron chi connectivity index (χ0n) is 17.9. The molecular weight excluding hydrogens is 392 g/mol. The number of rotatable bonds is 5. The molecule has 31 heavy (non-hydrogen) atoms. The molecule has 0 unspecified atom stereocenters. The van der Waals surface area contributed by atoms with E-state index in [1.54, 1.807) is 0 Å². The van der Waals surface area contributed by atoms with Gasteiger partial charge in [-0.2, -0.15) is 5.01 Å². The summed E-state index contributed by atoms with van der Waals surface area (Å²) in [4.78, 5) is 25.4. The van der Waals surface area contributed by atoms with Crippen molar-refractivity contribution in [2.75, 3.05) is 5.01 Å². The maximum atomic E-state index is 12.9. The highest BCUT2D eigenvalue weighted by molar-refractivity contribution is 5.92. The first kappa shape index (κ1) is 21.9. The molecule has 0 aliphatic carbocycles. The van der Waals surface area contributed by atoms with Crippen molar-refractivity contribution in [1.29, 1.82) is 0 Å². The maximum absolute atomic E-state index is 12.9. The molecule has 0 fully saturated rings. The summed E-state index contributed by atoms with van der Waals surface area (Å²) in [6.07, 6.45) is -1.45. The zero-order valence-corrected chi connectivity index (χ0v) is 17.9. The number of carbonyl (C=O) groups excluding carboxylic acids is 2. The molecule has 160 valence electrons. The number of carbonyl (C=O) groups is 2. The van der Waals surface area contributed by atoms with Crippen molar-refractivity contribution in [2.24, 2.45) is 0 Å². The predicted molar refractivity (Wildman–Crippen MR) is 120 cm³/mol. The Bertz CT molecular complexity index is 1010. The largest absolute Gasteiger partial charge is 0.443 e. The lowest BCUT2D eigenvalue weighted by Crippen LogP contribution is -2.47. The van der Waals surface area contributed by atoms with Gasteiger partial charge in [0.05, 0.1) is 5.69 Å². The van der Waals surface area contributed by atoms with Gasteiger partial charge in [0.25, 0.3) is 0 Å². The van der Waals surface area contributed by atoms with Crippen molar-refractivity contribution in [3.8, 4) is 0 Å². The Balaban J connectivity index is 1.77. The molecule has 3 rings (SSSR count). The van der Waals surface area contributed by atoms with Gasteiger partial charge in [-0.1, -0.05) is 78.4 Å². The summed E-state index contributed by atoms with van der Waals surface area (Å²) in [7, 11) is 0. The van der Waals surface area contributed by atoms with E-state index < -0.39 is 12.2 Å². The standard InChI is InChI=1S/C25H26N2O4/c1-18-14-19(2)23(20(3)15-18)27(25(29)31-17-22-12-8-5-9-13-22)26-24(28)30-16-21-10-6-4-7-11-21/h4-15H,16-17H2,1-3H3,(H,26,28). The van der Waals surface area contributed by atoms with Crippen LogP contribution in [0.5, 0.6) is 0 Å². The third-order valence-electron chi connectivity index (χ3n) is 4.66. The van der Waals surface area contributed by atoms with Crippen LogP contribution in [0.2, 0.25) is 0 Å². The fourth-order valence-corrected chi connectivity index (χ4v) is 3.35. The quantitative estimate of drug-likeness (QED) is 0.548. The van der Waals surface area contributed by atoms with Gasteiger partial charge >= 0.3 is 12.2 Å². The summed E-state index contributed by atoms with van der Waals surface area (Å²) in [6.45, 7) is 5.91. The van der Waals surface area contributed by atoms with E-state index >= 15 is 0 Å². The van der Waals surface area contributed by atoms with Crippen LogP contribution in [0.4, 0.5) is 15.3 Å². The van der Waals surface area contributed by atoms with Crippen molar-refractivity contribution < 1.29 is 19.1 Å². The minimum absolute atomic E-state index is 0.0842. The fourth-order valence-electron chi connectivity index (χ4n) is 3.35. The minimum Gasteiger partial charge on any atom is -0.443 e. The number of hydrogen-bond acceptors (Lipinski definition) is 4. The number of nitrogens with one attached hydrogen (secondary N) is 1. The molecule has 0 spiro atoms. The number of hydrogen-bond donors (Lipinski definition) is 1. The van der Waals surface area contributed by atoms with Gasteiger partial charge in [0.1, 0.15) is 13.2 Å². The lowest BCUT2D eigenvalue weighted by atomic mass is 10.0. The van der Waals surface area contributed by atoms with Crippen LogP contribution in [0.15, 0.2) is 72.8 Å². The van der Waals surface area contributed by atoms with Gasteiger partial charge in [-0.25, -0.2) is 15.0 Å². The molecule has 0 aliphatic rings. The Morgan fingerprint density at radius 3 is 1.77 bits per heavy atom. The van der Waals surface area contributed by atoms with Crippen LogP contribution in [0.1, 0.15) is 27.8 Å². The van der Waals surface area contributed by atoms with E-state index in [0.29, 0.717) is 5.69 Å². The van der Waals surface area contributed by atoms with E-state index in [0.717, 1.165) is 32.8 Å². The topological polar surface area (TPSA) is 67.9 Å². The van der Waals surface area contributed by atoms with Gasteiger partial charge in [-0.3, -0.25) is 0 Å². The van der Waals surface area contributed by atoms with Crippen molar-refractivity contribution in [3.63, 3.8) is 0 Å². The minimum atomic E-state index is -0.750. The molecule has 6 nitrogen and oxygen atoms in total. The van der Waals surface area contributed by atoms with Gasteiger partial charge < -0.3 is 9.47 Å². The van der Waals surface area contributed by atoms with Gasteiger partial charge in [0.2, 0.25) is 0 Å². The highest BCUT2D eigenvalue weighted by atomic mass is 16.6. The smallest absolute Gasteiger partial charge is 0.433 e. The van der Waals surface area contributed by atoms with E-state index in [2.05, 4.69) is 5.43 Å². The molecule has 6 heteroatoms. The third-order valence-corrected chi connectivity index (χ3v) is 4.66. The molecule has 0 heterocycles. The van der Waals surface area contributed by atoms with E-state index in [4.69, 9.17) is 9.47 Å². The number of hydrazine groups is 1. The number of nitrogens with zero attached hydrogens (tertiary/aromatic N) is 1. The molecule has 3 aromatic rings. The Hall–Kier alpha value is -3.80. The Kier molecular flexibility index (Phi) is 7.27. The predicted octanol–water partition coefficient (Wildman–Crippen LogP) is 5.60. The Morgan fingerprint density at radius 1 is 0.774 bits per heavy atom. The highest BCUT2D eigenvalue weighted by Crippen LogP contribution is 2.26. The second kappa shape index (κ2) is 10.3. The van der Waals surface area contributed by atoms with Crippen molar-refractivity contribution in [3.05, 3.63) is 101 Å². The van der Waals surface area contributed by atoms with Crippen molar-refractivity contribution in [1.82, 2.24) is 5.43 Å². The third kappa shape index (κ3) is 6.09. The summed E-state index contributed by atoms with van der Waals surface area (Å²) in [5.41, 5.74) is 7.51. The molecule has 0 saturated heterocycles. The van der Waals surface area contributed by atoms with Crippen LogP contribution < -0.4 is 10.4 Å². The maximum Gasteiger partial charge on any atom is 0.433 e. The van der Waals surface area contributed by atoms with Crippen LogP contribution in [0.25, 0.3) is 0 Å². The Morgan fingerprint density at radius 2 is 1.26 bits per heavy atom. The summed E-state index contributed by atoms with van der Waals surface area (Å²) in [5.74, 6) is 0. The molecule has 0 bridgehead atoms. The van der Waals surface area contributed by atoms with Gasteiger partial charge in [0, 0.05) is 0 Å². The second-order valence-electron chi connectivity index (χ2n) is 7.30. The van der Waals surface area contributed by atoms with Crippen LogP contribution in [0.3, 0.4) is 0 Å². The molecule has 0 aliphatic heterocycles. The SMILES string of the molecule is Cc1cc(C)c(N(NC(=O)OCc2ccccc2)C(=O)OCc2ccccc2)c(C)c1. The second-order valence-corrected chi connectivity index (χ2v) is 7.30. The number of amides is 2. The van der Waals surface area contributed by atoms with Gasteiger partial charge in [-0.05, 0) is 43.0 Å². The number of aryl methyl sites for hydroxylation is 3. The van der Waals surface area contributed by atoms with Crippen LogP contribution in [-0.2, 0) is 22.7 Å². The van der Waals surface area contributed by atoms with Gasteiger partial charge in [0.15, 0.2) is 0 Å². The summed E-state index contributed by atoms with van der Waals surface area (Å²) < 4.78 is 10.8. The molecular formula is C25H26N2O4. The normalized spacial score (nSPS) is 10.3. The van der Waals surface area contributed by atoms with Crippen LogP contribution in [0, 0.1) is 20.8 Å². The highest BCUT2D eigenvalue weighted by Gasteiger charge is 2.24. The van der Waals surface area contributed by atoms with Crippen molar-refractivity contribution >= 4 is 17.9 Å². The first-order valence-corrected chi connectivity index (χ1v) is 10.00. The molecule has 0 atom stereocenters. The molecule has 2 amide bonds. The van der Waals surface area contributed by atoms with E-state index in [1.165, 1.54) is 0 Å². The molecule has 3 aromatic carbocycles. The Labute approximate surface area is 182 Å². The summed E-state index contributed by atoms with van der Waals surface area (Å²) in [5, 5.41) is 1.11. The summed E-state index contributed by atoms with van der Waals surface area (Å²) in [6, 6.07) is 22.6. The van der Waals surface area contributed by atoms with Crippen LogP contribution >= 0.6 is 0 Å². The monoisotopic (exact) mass is 418 g/mol. The number of ether oxygens (including phenoxy) is 2. The fraction of sp³-hybridized carbons (Fsp3) is 0.200. The zero-order chi connectivity index (χ0) is 22.2. The number of anilines is 1. The molecule has 0 saturated carbocycles. The molecule has 0 radical (unpaired) electrons. The average Bonchev–Trinajstić information content (AvgIpc) is 2.76. The molecule has 0 aromatic heterocycles. The first-order valence-electron chi connectivity index (χ1n) is 10.00. The lowest BCUT2D eigenvalue weighted by molar-refractivity contribution is 0.126. The van der Waals surface area contributed by atoms with E-state index in [-0.39, 0.29) is 13.2 Å². The van der Waals surface area contributed by atoms with E-state index in [9.17, 15) is 9.59 Å². The summed E-state index contributed by atoms with van der Waals surface area (Å²) >= 11 is 0. The van der Waals surface area contributed by atoms with E-state index in [1.807, 2.05) is 93.6 Å². The molecule has 1 N–H and O–H groups in total. The van der Waals surface area contributed by atoms with Gasteiger partial charge in [-0.15, -0.1) is 0 Å². The van der Waals surface area contributed by atoms with Crippen molar-refractivity contribution in [2.45, 2.75) is 34.0 Å².